The lowest BCUT2D eigenvalue weighted by molar-refractivity contribution is -0.121. The van der Waals surface area contributed by atoms with Crippen molar-refractivity contribution in [2.75, 3.05) is 6.54 Å². The predicted octanol–water partition coefficient (Wildman–Crippen LogP) is 2.94. The van der Waals surface area contributed by atoms with Crippen LogP contribution in [0.3, 0.4) is 0 Å². The number of unbranched alkanes of at least 4 members (excludes halogenated alkanes) is 1. The summed E-state index contributed by atoms with van der Waals surface area (Å²) in [6.45, 7) is 4.88. The summed E-state index contributed by atoms with van der Waals surface area (Å²) in [4.78, 5) is 29.3. The second-order valence-electron chi connectivity index (χ2n) is 6.39. The van der Waals surface area contributed by atoms with Gasteiger partial charge in [-0.15, -0.1) is 0 Å². The van der Waals surface area contributed by atoms with E-state index in [0.29, 0.717) is 35.4 Å². The van der Waals surface area contributed by atoms with E-state index in [0.717, 1.165) is 12.8 Å². The fourth-order valence-electron chi connectivity index (χ4n) is 3.07. The second-order valence-corrected chi connectivity index (χ2v) is 6.39. The monoisotopic (exact) mass is 370 g/mol. The molecule has 6 nitrogen and oxygen atoms in total. The maximum absolute atomic E-state index is 13.5. The molecule has 27 heavy (non-hydrogen) atoms. The van der Waals surface area contributed by atoms with Crippen molar-refractivity contribution in [1.82, 2.24) is 19.4 Å². The molecule has 1 N–H and O–H groups in total. The zero-order chi connectivity index (χ0) is 19.4. The number of carbonyl (C=O) groups excluding carboxylic acids is 1. The van der Waals surface area contributed by atoms with Gasteiger partial charge < -0.3 is 5.32 Å². The number of pyridine rings is 1. The Morgan fingerprint density at radius 3 is 2.70 bits per heavy atom. The number of imidazole rings is 1. The number of aryl methyl sites for hydroxylation is 1. The van der Waals surface area contributed by atoms with Crippen LogP contribution in [0.4, 0.5) is 4.39 Å². The Balaban J connectivity index is 2.00. The first-order valence-corrected chi connectivity index (χ1v) is 9.16. The molecule has 7 heteroatoms. The third-order valence-corrected chi connectivity index (χ3v) is 4.48. The smallest absolute Gasteiger partial charge is 0.330 e. The Morgan fingerprint density at radius 2 is 2.00 bits per heavy atom. The second kappa shape index (κ2) is 8.16. The lowest BCUT2D eigenvalue weighted by Gasteiger charge is -2.06. The van der Waals surface area contributed by atoms with E-state index in [1.165, 1.54) is 16.7 Å². The molecule has 3 aromatic rings. The van der Waals surface area contributed by atoms with Gasteiger partial charge in [0, 0.05) is 24.8 Å². The molecule has 0 radical (unpaired) electrons. The number of nitrogens with zero attached hydrogens (tertiary/aromatic N) is 3. The Kier molecular flexibility index (Phi) is 5.69. The molecular formula is C20H23FN4O2. The van der Waals surface area contributed by atoms with E-state index in [2.05, 4.69) is 10.3 Å². The van der Waals surface area contributed by atoms with Crippen molar-refractivity contribution >= 4 is 17.1 Å². The van der Waals surface area contributed by atoms with Gasteiger partial charge in [0.25, 0.3) is 0 Å². The Bertz CT molecular complexity index is 1020. The van der Waals surface area contributed by atoms with Gasteiger partial charge in [0.1, 0.15) is 12.4 Å². The number of hydrogen-bond donors (Lipinski definition) is 1. The molecule has 2 aromatic heterocycles. The highest BCUT2D eigenvalue weighted by molar-refractivity contribution is 5.81. The molecule has 0 saturated heterocycles. The minimum absolute atomic E-state index is 0.0711. The molecule has 2 heterocycles. The van der Waals surface area contributed by atoms with Crippen molar-refractivity contribution in [2.45, 2.75) is 39.8 Å². The normalized spacial score (nSPS) is 11.1. The average molecular weight is 370 g/mol. The standard InChI is InChI=1S/C20H23FN4O2/c1-3-5-9-22-18(26)13-25-19-17(24(4-2)20(25)27)11-15(12-23-19)14-7-6-8-16(21)10-14/h6-8,10-12H,3-5,9,13H2,1-2H3,(H,22,26). The van der Waals surface area contributed by atoms with Gasteiger partial charge in [0.15, 0.2) is 5.65 Å². The summed E-state index contributed by atoms with van der Waals surface area (Å²) in [6.07, 6.45) is 3.48. The third kappa shape index (κ3) is 3.92. The minimum Gasteiger partial charge on any atom is -0.355 e. The maximum atomic E-state index is 13.5. The molecule has 0 aliphatic heterocycles. The number of halogens is 1. The Labute approximate surface area is 156 Å². The molecule has 142 valence electrons. The number of aromatic nitrogens is 3. The lowest BCUT2D eigenvalue weighted by atomic mass is 10.1. The predicted molar refractivity (Wildman–Crippen MR) is 103 cm³/mol. The van der Waals surface area contributed by atoms with Crippen molar-refractivity contribution < 1.29 is 9.18 Å². The van der Waals surface area contributed by atoms with Crippen LogP contribution in [-0.4, -0.2) is 26.6 Å². The summed E-state index contributed by atoms with van der Waals surface area (Å²) >= 11 is 0. The van der Waals surface area contributed by atoms with Crippen LogP contribution in [0, 0.1) is 5.82 Å². The van der Waals surface area contributed by atoms with Crippen molar-refractivity contribution in [3.63, 3.8) is 0 Å². The Morgan fingerprint density at radius 1 is 1.19 bits per heavy atom. The molecule has 0 aliphatic carbocycles. The molecule has 0 aliphatic rings. The zero-order valence-corrected chi connectivity index (χ0v) is 15.5. The molecule has 0 spiro atoms. The minimum atomic E-state index is -0.332. The van der Waals surface area contributed by atoms with Crippen LogP contribution in [0.2, 0.25) is 0 Å². The molecule has 0 bridgehead atoms. The van der Waals surface area contributed by atoms with E-state index in [-0.39, 0.29) is 24.0 Å². The maximum Gasteiger partial charge on any atom is 0.330 e. The summed E-state index contributed by atoms with van der Waals surface area (Å²) in [5, 5.41) is 2.82. The first-order valence-electron chi connectivity index (χ1n) is 9.16. The van der Waals surface area contributed by atoms with Gasteiger partial charge in [-0.1, -0.05) is 25.5 Å². The van der Waals surface area contributed by atoms with Gasteiger partial charge in [-0.05, 0) is 37.1 Å². The number of benzene rings is 1. The SMILES string of the molecule is CCCCNC(=O)Cn1c(=O)n(CC)c2cc(-c3cccc(F)c3)cnc21. The third-order valence-electron chi connectivity index (χ3n) is 4.48. The van der Waals surface area contributed by atoms with E-state index in [1.54, 1.807) is 22.9 Å². The summed E-state index contributed by atoms with van der Waals surface area (Å²) < 4.78 is 16.5. The van der Waals surface area contributed by atoms with Crippen LogP contribution >= 0.6 is 0 Å². The quantitative estimate of drug-likeness (QED) is 0.650. The molecule has 1 aromatic carbocycles. The van der Waals surface area contributed by atoms with E-state index in [9.17, 15) is 14.0 Å². The molecule has 0 atom stereocenters. The summed E-state index contributed by atoms with van der Waals surface area (Å²) in [5.74, 6) is -0.543. The highest BCUT2D eigenvalue weighted by atomic mass is 19.1. The van der Waals surface area contributed by atoms with Gasteiger partial charge in [-0.3, -0.25) is 13.9 Å². The number of rotatable bonds is 7. The van der Waals surface area contributed by atoms with Gasteiger partial charge in [-0.25, -0.2) is 14.2 Å². The summed E-state index contributed by atoms with van der Waals surface area (Å²) in [7, 11) is 0. The topological polar surface area (TPSA) is 68.9 Å². The summed E-state index contributed by atoms with van der Waals surface area (Å²) in [6, 6.07) is 8.04. The zero-order valence-electron chi connectivity index (χ0n) is 15.5. The molecule has 1 amide bonds. The van der Waals surface area contributed by atoms with Crippen LogP contribution in [0.5, 0.6) is 0 Å². The number of hydrogen-bond acceptors (Lipinski definition) is 3. The number of fused-ring (bicyclic) bond motifs is 1. The lowest BCUT2D eigenvalue weighted by Crippen LogP contribution is -2.33. The van der Waals surface area contributed by atoms with E-state index >= 15 is 0 Å². The van der Waals surface area contributed by atoms with Gasteiger partial charge in [-0.2, -0.15) is 0 Å². The number of nitrogens with one attached hydrogen (secondary N) is 1. The van der Waals surface area contributed by atoms with Gasteiger partial charge in [0.2, 0.25) is 5.91 Å². The Hall–Kier alpha value is -2.96. The van der Waals surface area contributed by atoms with Crippen LogP contribution in [-0.2, 0) is 17.9 Å². The van der Waals surface area contributed by atoms with Crippen molar-refractivity contribution in [1.29, 1.82) is 0 Å². The van der Waals surface area contributed by atoms with E-state index in [1.807, 2.05) is 19.9 Å². The number of amides is 1. The van der Waals surface area contributed by atoms with Gasteiger partial charge in [0.05, 0.1) is 5.52 Å². The highest BCUT2D eigenvalue weighted by Crippen LogP contribution is 2.23. The fourth-order valence-corrected chi connectivity index (χ4v) is 3.07. The molecule has 0 fully saturated rings. The van der Waals surface area contributed by atoms with E-state index in [4.69, 9.17) is 0 Å². The number of carbonyl (C=O) groups is 1. The molecular weight excluding hydrogens is 347 g/mol. The van der Waals surface area contributed by atoms with Crippen molar-refractivity contribution in [2.24, 2.45) is 0 Å². The van der Waals surface area contributed by atoms with Crippen molar-refractivity contribution in [3.8, 4) is 11.1 Å². The van der Waals surface area contributed by atoms with Crippen molar-refractivity contribution in [3.05, 3.63) is 52.8 Å². The molecule has 3 rings (SSSR count). The highest BCUT2D eigenvalue weighted by Gasteiger charge is 2.16. The molecule has 0 unspecified atom stereocenters. The van der Waals surface area contributed by atoms with Crippen LogP contribution in [0.15, 0.2) is 41.3 Å². The van der Waals surface area contributed by atoms with E-state index < -0.39 is 0 Å². The van der Waals surface area contributed by atoms with Crippen LogP contribution in [0.1, 0.15) is 26.7 Å². The van der Waals surface area contributed by atoms with Crippen LogP contribution < -0.4 is 11.0 Å². The summed E-state index contributed by atoms with van der Waals surface area (Å²) in [5.41, 5.74) is 2.21. The molecule has 0 saturated carbocycles. The van der Waals surface area contributed by atoms with Gasteiger partial charge >= 0.3 is 5.69 Å². The average Bonchev–Trinajstić information content (AvgIpc) is 2.92. The first kappa shape index (κ1) is 18.8. The largest absolute Gasteiger partial charge is 0.355 e. The first-order chi connectivity index (χ1) is 13.0. The fraction of sp³-hybridized carbons (Fsp3) is 0.350. The van der Waals surface area contributed by atoms with Crippen LogP contribution in [0.25, 0.3) is 22.3 Å².